The molecule has 0 aromatic heterocycles. The number of ether oxygens (including phenoxy) is 1. The number of hydrogen-bond acceptors (Lipinski definition) is 2. The van der Waals surface area contributed by atoms with Gasteiger partial charge >= 0.3 is 0 Å². The summed E-state index contributed by atoms with van der Waals surface area (Å²) in [5.74, 6) is -0.268. The number of benzene rings is 2. The third-order valence-corrected chi connectivity index (χ3v) is 4.85. The van der Waals surface area contributed by atoms with Gasteiger partial charge in [0.15, 0.2) is 6.10 Å². The Labute approximate surface area is 143 Å². The van der Waals surface area contributed by atoms with Crippen LogP contribution < -0.4 is 0 Å². The zero-order valence-electron chi connectivity index (χ0n) is 11.9. The number of hydrogen-bond donors (Lipinski definition) is 0. The maximum absolute atomic E-state index is 13.3. The maximum atomic E-state index is 13.3. The van der Waals surface area contributed by atoms with E-state index in [1.54, 1.807) is 12.1 Å². The van der Waals surface area contributed by atoms with E-state index >= 15 is 0 Å². The monoisotopic (exact) mass is 407 g/mol. The summed E-state index contributed by atoms with van der Waals surface area (Å²) in [4.78, 5) is 0. The summed E-state index contributed by atoms with van der Waals surface area (Å²) in [5.41, 5.74) is 2.19. The molecule has 0 bridgehead atoms. The fourth-order valence-corrected chi connectivity index (χ4v) is 3.50. The molecule has 0 radical (unpaired) electrons. The van der Waals surface area contributed by atoms with Crippen LogP contribution in [-0.4, -0.2) is 4.43 Å². The van der Waals surface area contributed by atoms with Crippen molar-refractivity contribution in [1.82, 2.24) is 0 Å². The maximum Gasteiger partial charge on any atom is 0.171 e. The summed E-state index contributed by atoms with van der Waals surface area (Å²) in [6.45, 7) is 0. The van der Waals surface area contributed by atoms with Crippen LogP contribution in [0.2, 0.25) is 0 Å². The van der Waals surface area contributed by atoms with Gasteiger partial charge in [-0.15, -0.1) is 0 Å². The van der Waals surface area contributed by atoms with Gasteiger partial charge < -0.3 is 4.74 Å². The Balaban J connectivity index is 2.16. The Bertz CT molecular complexity index is 710. The fraction of sp³-hybridized carbons (Fsp3) is 0.278. The molecule has 3 rings (SSSR count). The zero-order chi connectivity index (χ0) is 15.6. The van der Waals surface area contributed by atoms with Crippen molar-refractivity contribution >= 4 is 22.6 Å². The Morgan fingerprint density at radius 1 is 1.18 bits per heavy atom. The van der Waals surface area contributed by atoms with Crippen molar-refractivity contribution in [3.63, 3.8) is 0 Å². The molecule has 22 heavy (non-hydrogen) atoms. The standard InChI is InChI=1S/C18H15FINO/c19-14-8-6-13(7-9-14)18(10-3-11-20)16-5-2-1-4-15(16)17(12-21)22-18/h1-2,4-9,17H,3,10-11H2. The second kappa shape index (κ2) is 6.35. The largest absolute Gasteiger partial charge is 0.343 e. The third kappa shape index (κ3) is 2.53. The number of rotatable bonds is 4. The Kier molecular flexibility index (Phi) is 4.46. The first kappa shape index (κ1) is 15.4. The van der Waals surface area contributed by atoms with Crippen molar-refractivity contribution < 1.29 is 9.13 Å². The normalized spacial score (nSPS) is 23.0. The molecule has 1 heterocycles. The van der Waals surface area contributed by atoms with Crippen LogP contribution in [0.1, 0.15) is 35.6 Å². The number of halogens is 2. The molecule has 0 saturated carbocycles. The van der Waals surface area contributed by atoms with Crippen molar-refractivity contribution in [2.24, 2.45) is 0 Å². The van der Waals surface area contributed by atoms with E-state index in [0.29, 0.717) is 0 Å². The van der Waals surface area contributed by atoms with E-state index in [0.717, 1.165) is 34.0 Å². The molecule has 2 nitrogen and oxygen atoms in total. The van der Waals surface area contributed by atoms with Crippen molar-refractivity contribution in [2.45, 2.75) is 24.5 Å². The summed E-state index contributed by atoms with van der Waals surface area (Å²) in [6, 6.07) is 16.5. The highest BCUT2D eigenvalue weighted by Gasteiger charge is 2.45. The fourth-order valence-electron chi connectivity index (χ4n) is 3.11. The van der Waals surface area contributed by atoms with Gasteiger partial charge in [-0.25, -0.2) is 4.39 Å². The van der Waals surface area contributed by atoms with E-state index in [1.807, 2.05) is 24.3 Å². The quantitative estimate of drug-likeness (QED) is 0.535. The lowest BCUT2D eigenvalue weighted by Gasteiger charge is -2.30. The smallest absolute Gasteiger partial charge is 0.171 e. The molecular weight excluding hydrogens is 392 g/mol. The molecule has 112 valence electrons. The van der Waals surface area contributed by atoms with Crippen molar-refractivity contribution in [3.05, 3.63) is 71.0 Å². The average molecular weight is 407 g/mol. The lowest BCUT2D eigenvalue weighted by atomic mass is 9.82. The highest BCUT2D eigenvalue weighted by molar-refractivity contribution is 14.1. The molecule has 0 fully saturated rings. The van der Waals surface area contributed by atoms with E-state index in [1.165, 1.54) is 12.1 Å². The summed E-state index contributed by atoms with van der Waals surface area (Å²) in [7, 11) is 0. The molecule has 2 aromatic carbocycles. The van der Waals surface area contributed by atoms with E-state index < -0.39 is 11.7 Å². The first-order valence-electron chi connectivity index (χ1n) is 7.20. The lowest BCUT2D eigenvalue weighted by molar-refractivity contribution is -0.0309. The molecular formula is C18H15FINO. The second-order valence-electron chi connectivity index (χ2n) is 5.34. The topological polar surface area (TPSA) is 33.0 Å². The summed E-state index contributed by atoms with van der Waals surface area (Å²) in [6.07, 6.45) is 1.16. The van der Waals surface area contributed by atoms with E-state index in [-0.39, 0.29) is 5.82 Å². The van der Waals surface area contributed by atoms with Gasteiger partial charge in [0.05, 0.1) is 6.07 Å². The molecule has 0 aliphatic carbocycles. The highest BCUT2D eigenvalue weighted by Crippen LogP contribution is 2.50. The number of alkyl halides is 1. The predicted molar refractivity (Wildman–Crippen MR) is 91.2 cm³/mol. The third-order valence-electron chi connectivity index (χ3n) is 4.09. The van der Waals surface area contributed by atoms with Gasteiger partial charge in [0.25, 0.3) is 0 Å². The van der Waals surface area contributed by atoms with E-state index in [2.05, 4.69) is 28.7 Å². The van der Waals surface area contributed by atoms with Crippen LogP contribution in [0.3, 0.4) is 0 Å². The lowest BCUT2D eigenvalue weighted by Crippen LogP contribution is -2.27. The molecule has 0 amide bonds. The Morgan fingerprint density at radius 3 is 2.59 bits per heavy atom. The van der Waals surface area contributed by atoms with Gasteiger partial charge in [0, 0.05) is 5.56 Å². The van der Waals surface area contributed by atoms with Gasteiger partial charge in [0.1, 0.15) is 11.4 Å². The van der Waals surface area contributed by atoms with Gasteiger partial charge in [-0.3, -0.25) is 0 Å². The molecule has 2 atom stereocenters. The first-order chi connectivity index (χ1) is 10.7. The van der Waals surface area contributed by atoms with Crippen LogP contribution in [0.15, 0.2) is 48.5 Å². The predicted octanol–water partition coefficient (Wildman–Crippen LogP) is 4.88. The summed E-state index contributed by atoms with van der Waals surface area (Å²) >= 11 is 2.34. The molecule has 0 spiro atoms. The van der Waals surface area contributed by atoms with E-state index in [9.17, 15) is 9.65 Å². The molecule has 2 aromatic rings. The molecule has 0 N–H and O–H groups in total. The van der Waals surface area contributed by atoms with Crippen LogP contribution in [0.4, 0.5) is 4.39 Å². The molecule has 1 aliphatic rings. The van der Waals surface area contributed by atoms with Crippen molar-refractivity contribution in [1.29, 1.82) is 5.26 Å². The SMILES string of the molecule is N#CC1OC(CCCI)(c2ccc(F)cc2)c2ccccc21. The Morgan fingerprint density at radius 2 is 1.91 bits per heavy atom. The molecule has 2 unspecified atom stereocenters. The molecule has 4 heteroatoms. The summed E-state index contributed by atoms with van der Waals surface area (Å²) < 4.78 is 20.5. The van der Waals surface area contributed by atoms with Crippen LogP contribution in [0, 0.1) is 17.1 Å². The van der Waals surface area contributed by atoms with Crippen molar-refractivity contribution in [2.75, 3.05) is 4.43 Å². The minimum absolute atomic E-state index is 0.268. The van der Waals surface area contributed by atoms with Gasteiger partial charge in [-0.2, -0.15) is 5.26 Å². The van der Waals surface area contributed by atoms with Crippen LogP contribution >= 0.6 is 22.6 Å². The Hall–Kier alpha value is -1.45. The summed E-state index contributed by atoms with van der Waals surface area (Å²) in [5, 5.41) is 9.42. The zero-order valence-corrected chi connectivity index (χ0v) is 14.1. The average Bonchev–Trinajstić information content (AvgIpc) is 2.89. The number of nitrogens with zero attached hydrogens (tertiary/aromatic N) is 1. The van der Waals surface area contributed by atoms with Gasteiger partial charge in [0.2, 0.25) is 0 Å². The molecule has 1 aliphatic heterocycles. The van der Waals surface area contributed by atoms with Gasteiger partial charge in [-0.05, 0) is 40.5 Å². The van der Waals surface area contributed by atoms with Crippen LogP contribution in [-0.2, 0) is 10.3 Å². The number of nitriles is 1. The van der Waals surface area contributed by atoms with Crippen molar-refractivity contribution in [3.8, 4) is 6.07 Å². The van der Waals surface area contributed by atoms with E-state index in [4.69, 9.17) is 4.74 Å². The van der Waals surface area contributed by atoms with Crippen LogP contribution in [0.25, 0.3) is 0 Å². The van der Waals surface area contributed by atoms with Gasteiger partial charge in [-0.1, -0.05) is 59.0 Å². The highest BCUT2D eigenvalue weighted by atomic mass is 127. The second-order valence-corrected chi connectivity index (χ2v) is 6.42. The minimum Gasteiger partial charge on any atom is -0.343 e. The molecule has 0 saturated heterocycles. The minimum atomic E-state index is -0.657. The number of fused-ring (bicyclic) bond motifs is 1. The first-order valence-corrected chi connectivity index (χ1v) is 8.72. The van der Waals surface area contributed by atoms with Crippen LogP contribution in [0.5, 0.6) is 0 Å².